The third-order valence-corrected chi connectivity index (χ3v) is 6.88. The molecule has 0 aromatic heterocycles. The van der Waals surface area contributed by atoms with E-state index in [1.54, 1.807) is 26.0 Å². The van der Waals surface area contributed by atoms with Crippen LogP contribution in [0.15, 0.2) is 29.3 Å². The van der Waals surface area contributed by atoms with Crippen molar-refractivity contribution < 1.29 is 29.4 Å². The van der Waals surface area contributed by atoms with Gasteiger partial charge in [-0.25, -0.2) is 4.79 Å². The van der Waals surface area contributed by atoms with E-state index in [0.717, 1.165) is 0 Å². The number of amides is 3. The lowest BCUT2D eigenvalue weighted by molar-refractivity contribution is -0.143. The first kappa shape index (κ1) is 34.2. The Kier molecular flexibility index (Phi) is 14.5. The Morgan fingerprint density at radius 1 is 0.875 bits per heavy atom. The fraction of sp³-hybridized carbons (Fsp3) is 0.593. The van der Waals surface area contributed by atoms with Crippen LogP contribution in [0.1, 0.15) is 58.9 Å². The highest BCUT2D eigenvalue weighted by Gasteiger charge is 2.33. The molecule has 0 heterocycles. The Hall–Kier alpha value is -3.87. The highest BCUT2D eigenvalue weighted by Crippen LogP contribution is 2.14. The lowest BCUT2D eigenvalue weighted by Crippen LogP contribution is -2.59. The summed E-state index contributed by atoms with van der Waals surface area (Å²) in [6.07, 6.45) is 1.83. The van der Waals surface area contributed by atoms with Gasteiger partial charge in [-0.2, -0.15) is 0 Å². The summed E-state index contributed by atoms with van der Waals surface area (Å²) in [7, 11) is 0. The molecule has 0 bridgehead atoms. The zero-order chi connectivity index (χ0) is 30.4. The molecule has 0 radical (unpaired) electrons. The molecule has 0 aliphatic heterocycles. The van der Waals surface area contributed by atoms with Crippen molar-refractivity contribution in [3.63, 3.8) is 0 Å². The first-order valence-electron chi connectivity index (χ1n) is 13.5. The Morgan fingerprint density at radius 2 is 1.43 bits per heavy atom. The van der Waals surface area contributed by atoms with E-state index in [9.17, 15) is 29.4 Å². The van der Waals surface area contributed by atoms with Gasteiger partial charge in [0.2, 0.25) is 17.7 Å². The van der Waals surface area contributed by atoms with E-state index < -0.39 is 47.9 Å². The Labute approximate surface area is 235 Å². The molecule has 0 spiro atoms. The number of phenolic OH excluding ortho intramolecular Hbond substituents is 1. The average Bonchev–Trinajstić information content (AvgIpc) is 2.91. The van der Waals surface area contributed by atoms with Crippen molar-refractivity contribution >= 4 is 29.7 Å². The number of carbonyl (C=O) groups is 4. The standard InChI is InChI=1S/C27H45N7O6/c1-5-15(3)21(33-23(36)19(28)8-7-13-31-27(29)30)25(38)32-20(14-17-9-11-18(35)12-10-17)24(37)34-22(26(39)40)16(4)6-2/h9-12,15-16,19-22,35H,5-8,13-14,28H2,1-4H3,(H,32,38)(H,33,36)(H,34,37)(H,39,40)(H4,29,30,31). The largest absolute Gasteiger partial charge is 0.508 e. The van der Waals surface area contributed by atoms with Gasteiger partial charge < -0.3 is 43.4 Å². The summed E-state index contributed by atoms with van der Waals surface area (Å²) < 4.78 is 0. The van der Waals surface area contributed by atoms with Gasteiger partial charge in [-0.05, 0) is 42.4 Å². The fourth-order valence-corrected chi connectivity index (χ4v) is 3.89. The molecule has 40 heavy (non-hydrogen) atoms. The second kappa shape index (κ2) is 17.0. The average molecular weight is 564 g/mol. The first-order valence-corrected chi connectivity index (χ1v) is 13.5. The van der Waals surface area contributed by atoms with Crippen LogP contribution < -0.4 is 33.2 Å². The number of nitrogens with zero attached hydrogens (tertiary/aromatic N) is 1. The van der Waals surface area contributed by atoms with Gasteiger partial charge >= 0.3 is 5.97 Å². The molecule has 13 nitrogen and oxygen atoms in total. The van der Waals surface area contributed by atoms with Gasteiger partial charge in [0.05, 0.1) is 6.04 Å². The first-order chi connectivity index (χ1) is 18.8. The quantitative estimate of drug-likeness (QED) is 0.0719. The molecule has 3 amide bonds. The van der Waals surface area contributed by atoms with Crippen molar-refractivity contribution in [2.75, 3.05) is 6.54 Å². The molecule has 11 N–H and O–H groups in total. The Balaban J connectivity index is 3.13. The number of carbonyl (C=O) groups excluding carboxylic acids is 3. The van der Waals surface area contributed by atoms with Gasteiger partial charge in [-0.15, -0.1) is 0 Å². The maximum atomic E-state index is 13.5. The summed E-state index contributed by atoms with van der Waals surface area (Å²) in [6, 6.07) is 1.88. The summed E-state index contributed by atoms with van der Waals surface area (Å²) >= 11 is 0. The van der Waals surface area contributed by atoms with Crippen molar-refractivity contribution in [2.24, 2.45) is 34.0 Å². The molecule has 0 aliphatic rings. The molecule has 13 heteroatoms. The van der Waals surface area contributed by atoms with Gasteiger partial charge in [-0.1, -0.05) is 52.7 Å². The normalized spacial score (nSPS) is 15.4. The van der Waals surface area contributed by atoms with Crippen LogP contribution in [0.25, 0.3) is 0 Å². The lowest BCUT2D eigenvalue weighted by atomic mass is 9.96. The van der Waals surface area contributed by atoms with Gasteiger partial charge in [-0.3, -0.25) is 19.4 Å². The highest BCUT2D eigenvalue weighted by molar-refractivity contribution is 5.94. The number of nitrogens with two attached hydrogens (primary N) is 3. The van der Waals surface area contributed by atoms with E-state index in [2.05, 4.69) is 20.9 Å². The number of carboxylic acids is 1. The molecule has 1 aromatic carbocycles. The van der Waals surface area contributed by atoms with E-state index >= 15 is 0 Å². The molecule has 0 fully saturated rings. The van der Waals surface area contributed by atoms with Crippen LogP contribution in [0.3, 0.4) is 0 Å². The summed E-state index contributed by atoms with van der Waals surface area (Å²) in [5.41, 5.74) is 17.2. The minimum atomic E-state index is -1.18. The molecule has 6 unspecified atom stereocenters. The molecule has 224 valence electrons. The predicted molar refractivity (Wildman–Crippen MR) is 152 cm³/mol. The third kappa shape index (κ3) is 11.5. The topological polar surface area (TPSA) is 235 Å². The molecule has 0 saturated heterocycles. The summed E-state index contributed by atoms with van der Waals surface area (Å²) in [6.45, 7) is 7.47. The van der Waals surface area contributed by atoms with Gasteiger partial charge in [0.25, 0.3) is 0 Å². The van der Waals surface area contributed by atoms with Crippen molar-refractivity contribution in [1.29, 1.82) is 0 Å². The number of aromatic hydroxyl groups is 1. The van der Waals surface area contributed by atoms with E-state index in [-0.39, 0.29) is 36.4 Å². The maximum absolute atomic E-state index is 13.5. The minimum absolute atomic E-state index is 0.0240. The number of aliphatic carboxylic acids is 1. The second-order valence-corrected chi connectivity index (χ2v) is 10.1. The second-order valence-electron chi connectivity index (χ2n) is 10.1. The monoisotopic (exact) mass is 563 g/mol. The van der Waals surface area contributed by atoms with Gasteiger partial charge in [0, 0.05) is 13.0 Å². The van der Waals surface area contributed by atoms with Gasteiger partial charge in [0.1, 0.15) is 23.9 Å². The molecular formula is C27H45N7O6. The zero-order valence-electron chi connectivity index (χ0n) is 23.7. The van der Waals surface area contributed by atoms with E-state index in [0.29, 0.717) is 31.4 Å². The van der Waals surface area contributed by atoms with Crippen LogP contribution in [0, 0.1) is 11.8 Å². The number of carboxylic acid groups (broad SMARTS) is 1. The number of guanidine groups is 1. The molecule has 1 aromatic rings. The van der Waals surface area contributed by atoms with Crippen LogP contribution >= 0.6 is 0 Å². The van der Waals surface area contributed by atoms with Crippen molar-refractivity contribution in [1.82, 2.24) is 16.0 Å². The SMILES string of the molecule is CCC(C)C(NC(=O)C(Cc1ccc(O)cc1)NC(=O)C(NC(=O)C(N)CCCN=C(N)N)C(C)CC)C(=O)O. The number of hydrogen-bond donors (Lipinski definition) is 8. The highest BCUT2D eigenvalue weighted by atomic mass is 16.4. The number of hydrogen-bond acceptors (Lipinski definition) is 7. The van der Waals surface area contributed by atoms with E-state index in [4.69, 9.17) is 17.2 Å². The minimum Gasteiger partial charge on any atom is -0.508 e. The molecule has 0 saturated carbocycles. The van der Waals surface area contributed by atoms with Crippen LogP contribution in [0.2, 0.25) is 0 Å². The van der Waals surface area contributed by atoms with Crippen molar-refractivity contribution in [2.45, 2.75) is 84.0 Å². The van der Waals surface area contributed by atoms with Crippen LogP contribution in [0.4, 0.5) is 0 Å². The number of rotatable bonds is 17. The zero-order valence-corrected chi connectivity index (χ0v) is 23.7. The molecular weight excluding hydrogens is 518 g/mol. The Bertz CT molecular complexity index is 1010. The third-order valence-electron chi connectivity index (χ3n) is 6.88. The summed E-state index contributed by atoms with van der Waals surface area (Å²) in [5.74, 6) is -3.69. The number of benzene rings is 1. The summed E-state index contributed by atoms with van der Waals surface area (Å²) in [5, 5.41) is 27.2. The lowest BCUT2D eigenvalue weighted by Gasteiger charge is -2.28. The summed E-state index contributed by atoms with van der Waals surface area (Å²) in [4.78, 5) is 55.2. The fourth-order valence-electron chi connectivity index (χ4n) is 3.89. The number of aliphatic imine (C=N–C) groups is 1. The predicted octanol–water partition coefficient (Wildman–Crippen LogP) is -0.0532. The van der Waals surface area contributed by atoms with Gasteiger partial charge in [0.15, 0.2) is 5.96 Å². The number of nitrogens with one attached hydrogen (secondary N) is 3. The van der Waals surface area contributed by atoms with Crippen molar-refractivity contribution in [3.8, 4) is 5.75 Å². The van der Waals surface area contributed by atoms with E-state index in [1.807, 2.05) is 13.8 Å². The van der Waals surface area contributed by atoms with Crippen LogP contribution in [-0.4, -0.2) is 70.6 Å². The van der Waals surface area contributed by atoms with Crippen LogP contribution in [0.5, 0.6) is 5.75 Å². The number of phenols is 1. The van der Waals surface area contributed by atoms with Crippen molar-refractivity contribution in [3.05, 3.63) is 29.8 Å². The molecule has 6 atom stereocenters. The van der Waals surface area contributed by atoms with E-state index in [1.165, 1.54) is 12.1 Å². The maximum Gasteiger partial charge on any atom is 0.326 e. The Morgan fingerprint density at radius 3 is 1.95 bits per heavy atom. The van der Waals surface area contributed by atoms with Crippen LogP contribution in [-0.2, 0) is 25.6 Å². The molecule has 1 rings (SSSR count). The molecule has 0 aliphatic carbocycles. The smallest absolute Gasteiger partial charge is 0.326 e.